The third kappa shape index (κ3) is 3.30. The van der Waals surface area contributed by atoms with E-state index in [1.165, 1.54) is 17.2 Å². The summed E-state index contributed by atoms with van der Waals surface area (Å²) >= 11 is 0. The van der Waals surface area contributed by atoms with E-state index in [0.717, 1.165) is 22.9 Å². The first-order valence-corrected chi connectivity index (χ1v) is 8.14. The van der Waals surface area contributed by atoms with Crippen LogP contribution < -0.4 is 5.73 Å². The molecular weight excluding hydrogens is 287 g/mol. The largest absolute Gasteiger partial charge is 0.361 e. The molecule has 0 aliphatic carbocycles. The van der Waals surface area contributed by atoms with Crippen molar-refractivity contribution in [1.82, 2.24) is 4.98 Å². The van der Waals surface area contributed by atoms with Gasteiger partial charge in [0.15, 0.2) is 0 Å². The average molecular weight is 310 g/mol. The topological polar surface area (TPSA) is 41.8 Å². The molecule has 0 amide bonds. The van der Waals surface area contributed by atoms with Crippen molar-refractivity contribution < 1.29 is 4.39 Å². The van der Waals surface area contributed by atoms with Crippen LogP contribution in [0.4, 0.5) is 4.39 Å². The molecule has 0 saturated carbocycles. The van der Waals surface area contributed by atoms with Gasteiger partial charge in [0.25, 0.3) is 0 Å². The Labute approximate surface area is 136 Å². The molecule has 3 heteroatoms. The number of fused-ring (bicyclic) bond motifs is 1. The Kier molecular flexibility index (Phi) is 4.49. The minimum absolute atomic E-state index is 0.176. The summed E-state index contributed by atoms with van der Waals surface area (Å²) < 4.78 is 13.6. The van der Waals surface area contributed by atoms with Gasteiger partial charge < -0.3 is 10.7 Å². The molecule has 3 aromatic rings. The van der Waals surface area contributed by atoms with Crippen molar-refractivity contribution in [1.29, 1.82) is 0 Å². The number of benzene rings is 2. The van der Waals surface area contributed by atoms with Crippen LogP contribution in [-0.2, 0) is 6.42 Å². The molecule has 1 unspecified atom stereocenters. The van der Waals surface area contributed by atoms with Gasteiger partial charge in [0, 0.05) is 23.0 Å². The summed E-state index contributed by atoms with van der Waals surface area (Å²) in [5.74, 6) is 0.497. The maximum atomic E-state index is 13.6. The minimum atomic E-state index is -0.213. The molecule has 120 valence electrons. The summed E-state index contributed by atoms with van der Waals surface area (Å²) in [7, 11) is 0. The Balaban J connectivity index is 1.88. The van der Waals surface area contributed by atoms with Gasteiger partial charge in [-0.15, -0.1) is 0 Å². The summed E-state index contributed by atoms with van der Waals surface area (Å²) in [4.78, 5) is 3.22. The Bertz CT molecular complexity index is 787. The van der Waals surface area contributed by atoms with Crippen LogP contribution in [0.2, 0.25) is 0 Å². The zero-order chi connectivity index (χ0) is 16.4. The number of nitrogens with two attached hydrogens (primary N) is 1. The van der Waals surface area contributed by atoms with Gasteiger partial charge in [-0.05, 0) is 53.8 Å². The molecule has 3 N–H and O–H groups in total. The van der Waals surface area contributed by atoms with Crippen LogP contribution in [0.25, 0.3) is 10.9 Å². The van der Waals surface area contributed by atoms with Crippen molar-refractivity contribution in [3.05, 3.63) is 71.2 Å². The van der Waals surface area contributed by atoms with Gasteiger partial charge in [-0.25, -0.2) is 4.39 Å². The highest BCUT2D eigenvalue weighted by Gasteiger charge is 2.16. The molecule has 0 spiro atoms. The SMILES string of the molecule is CC(C)c1ccc(CC(CN)c2c[nH]c3ccc(F)cc23)cc1. The lowest BCUT2D eigenvalue weighted by atomic mass is 9.90. The minimum Gasteiger partial charge on any atom is -0.361 e. The molecule has 0 fully saturated rings. The Hall–Kier alpha value is -2.13. The molecule has 0 aliphatic rings. The molecule has 0 bridgehead atoms. The predicted octanol–water partition coefficient (Wildman–Crippen LogP) is 4.72. The number of aromatic nitrogens is 1. The summed E-state index contributed by atoms with van der Waals surface area (Å²) in [6, 6.07) is 13.6. The standard InChI is InChI=1S/C20H23FN2/c1-13(2)15-5-3-14(4-6-15)9-16(11-22)19-12-23-20-8-7-17(21)10-18(19)20/h3-8,10,12-13,16,23H,9,11,22H2,1-2H3. The van der Waals surface area contributed by atoms with E-state index in [4.69, 9.17) is 5.73 Å². The molecular formula is C20H23FN2. The Morgan fingerprint density at radius 2 is 1.83 bits per heavy atom. The van der Waals surface area contributed by atoms with Crippen molar-refractivity contribution in [3.8, 4) is 0 Å². The lowest BCUT2D eigenvalue weighted by Gasteiger charge is -2.15. The summed E-state index contributed by atoms with van der Waals surface area (Å²) in [5.41, 5.74) is 10.7. The predicted molar refractivity (Wildman–Crippen MR) is 94.3 cm³/mol. The van der Waals surface area contributed by atoms with Gasteiger partial charge >= 0.3 is 0 Å². The van der Waals surface area contributed by atoms with Crippen LogP contribution in [0.15, 0.2) is 48.7 Å². The van der Waals surface area contributed by atoms with Crippen molar-refractivity contribution in [3.63, 3.8) is 0 Å². The van der Waals surface area contributed by atoms with Crippen molar-refractivity contribution in [2.24, 2.45) is 5.73 Å². The van der Waals surface area contributed by atoms with Crippen molar-refractivity contribution >= 4 is 10.9 Å². The van der Waals surface area contributed by atoms with E-state index in [2.05, 4.69) is 43.1 Å². The first-order valence-electron chi connectivity index (χ1n) is 8.14. The third-order valence-corrected chi connectivity index (χ3v) is 4.53. The van der Waals surface area contributed by atoms with Crippen molar-refractivity contribution in [2.75, 3.05) is 6.54 Å². The number of hydrogen-bond acceptors (Lipinski definition) is 1. The second-order valence-electron chi connectivity index (χ2n) is 6.47. The summed E-state index contributed by atoms with van der Waals surface area (Å²) in [6.07, 6.45) is 2.82. The zero-order valence-electron chi connectivity index (χ0n) is 13.6. The van der Waals surface area contributed by atoms with E-state index in [-0.39, 0.29) is 11.7 Å². The molecule has 1 atom stereocenters. The second-order valence-corrected chi connectivity index (χ2v) is 6.47. The smallest absolute Gasteiger partial charge is 0.123 e. The number of nitrogens with one attached hydrogen (secondary N) is 1. The van der Waals surface area contributed by atoms with Gasteiger partial charge in [-0.2, -0.15) is 0 Å². The lowest BCUT2D eigenvalue weighted by molar-refractivity contribution is 0.629. The van der Waals surface area contributed by atoms with E-state index in [0.29, 0.717) is 12.5 Å². The summed E-state index contributed by atoms with van der Waals surface area (Å²) in [5, 5.41) is 0.930. The lowest BCUT2D eigenvalue weighted by Crippen LogP contribution is -2.14. The molecule has 0 saturated heterocycles. The Morgan fingerprint density at radius 3 is 2.48 bits per heavy atom. The maximum Gasteiger partial charge on any atom is 0.123 e. The van der Waals surface area contributed by atoms with Gasteiger partial charge in [0.1, 0.15) is 5.82 Å². The first kappa shape index (κ1) is 15.8. The number of halogens is 1. The van der Waals surface area contributed by atoms with E-state index >= 15 is 0 Å². The number of hydrogen-bond donors (Lipinski definition) is 2. The van der Waals surface area contributed by atoms with Gasteiger partial charge in [-0.1, -0.05) is 38.1 Å². The van der Waals surface area contributed by atoms with Gasteiger partial charge in [0.2, 0.25) is 0 Å². The molecule has 1 heterocycles. The maximum absolute atomic E-state index is 13.6. The normalized spacial score (nSPS) is 12.9. The molecule has 1 aromatic heterocycles. The van der Waals surface area contributed by atoms with E-state index in [9.17, 15) is 4.39 Å². The molecule has 2 nitrogen and oxygen atoms in total. The molecule has 0 radical (unpaired) electrons. The van der Waals surface area contributed by atoms with Crippen LogP contribution in [0.5, 0.6) is 0 Å². The Morgan fingerprint density at radius 1 is 1.09 bits per heavy atom. The zero-order valence-corrected chi connectivity index (χ0v) is 13.6. The number of aromatic amines is 1. The van der Waals surface area contributed by atoms with Crippen molar-refractivity contribution in [2.45, 2.75) is 32.1 Å². The van der Waals surface area contributed by atoms with Crippen LogP contribution in [0, 0.1) is 5.82 Å². The monoisotopic (exact) mass is 310 g/mol. The first-order chi connectivity index (χ1) is 11.1. The van der Waals surface area contributed by atoms with Gasteiger partial charge in [0.05, 0.1) is 0 Å². The fourth-order valence-electron chi connectivity index (χ4n) is 3.10. The molecule has 23 heavy (non-hydrogen) atoms. The molecule has 2 aromatic carbocycles. The fourth-order valence-corrected chi connectivity index (χ4v) is 3.10. The summed E-state index contributed by atoms with van der Waals surface area (Å²) in [6.45, 7) is 4.92. The van der Waals surface area contributed by atoms with E-state index in [1.807, 2.05) is 6.20 Å². The quantitative estimate of drug-likeness (QED) is 0.703. The van der Waals surface area contributed by atoms with Crippen LogP contribution in [-0.4, -0.2) is 11.5 Å². The number of rotatable bonds is 5. The highest BCUT2D eigenvalue weighted by atomic mass is 19.1. The molecule has 3 rings (SSSR count). The fraction of sp³-hybridized carbons (Fsp3) is 0.300. The highest BCUT2D eigenvalue weighted by molar-refractivity contribution is 5.83. The van der Waals surface area contributed by atoms with Gasteiger partial charge in [-0.3, -0.25) is 0 Å². The average Bonchev–Trinajstić information content (AvgIpc) is 2.96. The molecule has 0 aliphatic heterocycles. The van der Waals surface area contributed by atoms with Crippen LogP contribution in [0.1, 0.15) is 42.4 Å². The van der Waals surface area contributed by atoms with E-state index < -0.39 is 0 Å². The van der Waals surface area contributed by atoms with Crippen LogP contribution >= 0.6 is 0 Å². The van der Waals surface area contributed by atoms with Crippen LogP contribution in [0.3, 0.4) is 0 Å². The van der Waals surface area contributed by atoms with E-state index in [1.54, 1.807) is 12.1 Å². The number of H-pyrrole nitrogens is 1. The highest BCUT2D eigenvalue weighted by Crippen LogP contribution is 2.28. The second kappa shape index (κ2) is 6.55. The third-order valence-electron chi connectivity index (χ3n) is 4.53.